The Kier molecular flexibility index (Phi) is 10.1. The Morgan fingerprint density at radius 3 is 2.65 bits per heavy atom. The number of halogens is 1. The first kappa shape index (κ1) is 22.9. The SMILES string of the molecule is Cl.NC(CC(=O)NCCS(=O)(=O)NCC1CCCCO1)c1ccccc1. The van der Waals surface area contributed by atoms with Crippen molar-refractivity contribution in [1.29, 1.82) is 0 Å². The Labute approximate surface area is 161 Å². The number of rotatable bonds is 9. The molecule has 2 unspecified atom stereocenters. The van der Waals surface area contributed by atoms with Crippen LogP contribution in [-0.2, 0) is 19.6 Å². The molecule has 1 heterocycles. The van der Waals surface area contributed by atoms with Crippen LogP contribution in [0.5, 0.6) is 0 Å². The molecular formula is C17H28ClN3O4S. The van der Waals surface area contributed by atoms with Crippen LogP contribution in [0.2, 0.25) is 0 Å². The third-order valence-electron chi connectivity index (χ3n) is 4.13. The van der Waals surface area contributed by atoms with Crippen molar-refractivity contribution in [3.8, 4) is 0 Å². The first-order valence-electron chi connectivity index (χ1n) is 8.62. The number of carbonyl (C=O) groups is 1. The summed E-state index contributed by atoms with van der Waals surface area (Å²) in [6.07, 6.45) is 3.02. The summed E-state index contributed by atoms with van der Waals surface area (Å²) in [5, 5.41) is 2.61. The summed E-state index contributed by atoms with van der Waals surface area (Å²) in [5.41, 5.74) is 6.85. The Hall–Kier alpha value is -1.19. The van der Waals surface area contributed by atoms with Gasteiger partial charge < -0.3 is 15.8 Å². The zero-order chi connectivity index (χ0) is 18.1. The lowest BCUT2D eigenvalue weighted by molar-refractivity contribution is -0.121. The highest BCUT2D eigenvalue weighted by atomic mass is 35.5. The first-order chi connectivity index (χ1) is 12.0. The van der Waals surface area contributed by atoms with E-state index < -0.39 is 16.1 Å². The van der Waals surface area contributed by atoms with Crippen LogP contribution in [0.4, 0.5) is 0 Å². The van der Waals surface area contributed by atoms with Crippen LogP contribution in [0.15, 0.2) is 30.3 Å². The minimum atomic E-state index is -3.43. The maximum atomic E-state index is 12.0. The number of nitrogens with one attached hydrogen (secondary N) is 2. The van der Waals surface area contributed by atoms with E-state index >= 15 is 0 Å². The summed E-state index contributed by atoms with van der Waals surface area (Å²) in [6.45, 7) is 1.03. The van der Waals surface area contributed by atoms with Crippen molar-refractivity contribution in [3.05, 3.63) is 35.9 Å². The molecule has 2 rings (SSSR count). The molecule has 1 fully saturated rings. The number of amides is 1. The Morgan fingerprint density at radius 1 is 1.27 bits per heavy atom. The number of sulfonamides is 1. The second-order valence-electron chi connectivity index (χ2n) is 6.23. The molecule has 7 nitrogen and oxygen atoms in total. The first-order valence-corrected chi connectivity index (χ1v) is 10.3. The van der Waals surface area contributed by atoms with Crippen molar-refractivity contribution in [1.82, 2.24) is 10.0 Å². The van der Waals surface area contributed by atoms with Crippen molar-refractivity contribution in [2.45, 2.75) is 37.8 Å². The summed E-state index contributed by atoms with van der Waals surface area (Å²) in [5.74, 6) is -0.423. The molecule has 0 aliphatic carbocycles. The molecule has 0 saturated carbocycles. The average Bonchev–Trinajstić information content (AvgIpc) is 2.61. The second-order valence-corrected chi connectivity index (χ2v) is 8.15. The van der Waals surface area contributed by atoms with E-state index in [2.05, 4.69) is 10.0 Å². The van der Waals surface area contributed by atoms with Gasteiger partial charge in [-0.3, -0.25) is 4.79 Å². The van der Waals surface area contributed by atoms with Gasteiger partial charge in [0.2, 0.25) is 15.9 Å². The van der Waals surface area contributed by atoms with Crippen molar-refractivity contribution in [2.75, 3.05) is 25.4 Å². The second kappa shape index (κ2) is 11.5. The van der Waals surface area contributed by atoms with Crippen molar-refractivity contribution >= 4 is 28.3 Å². The molecule has 0 radical (unpaired) electrons. The predicted octanol–water partition coefficient (Wildman–Crippen LogP) is 1.10. The predicted molar refractivity (Wildman–Crippen MR) is 104 cm³/mol. The zero-order valence-corrected chi connectivity index (χ0v) is 16.4. The lowest BCUT2D eigenvalue weighted by Crippen LogP contribution is -2.39. The van der Waals surface area contributed by atoms with Gasteiger partial charge in [-0.1, -0.05) is 30.3 Å². The standard InChI is InChI=1S/C17H27N3O4S.ClH/c18-16(14-6-2-1-3-7-14)12-17(21)19-9-11-25(22,23)20-13-15-8-4-5-10-24-15;/h1-3,6-7,15-16,20H,4-5,8-13,18H2,(H,19,21);1H. The fourth-order valence-corrected chi connectivity index (χ4v) is 3.63. The van der Waals surface area contributed by atoms with Crippen LogP contribution in [0.3, 0.4) is 0 Å². The zero-order valence-electron chi connectivity index (χ0n) is 14.7. The fourth-order valence-electron chi connectivity index (χ4n) is 2.68. The van der Waals surface area contributed by atoms with E-state index in [4.69, 9.17) is 10.5 Å². The molecule has 0 bridgehead atoms. The molecule has 1 aromatic carbocycles. The lowest BCUT2D eigenvalue weighted by atomic mass is 10.0. The van der Waals surface area contributed by atoms with Crippen LogP contribution < -0.4 is 15.8 Å². The van der Waals surface area contributed by atoms with Crippen LogP contribution in [0.1, 0.15) is 37.3 Å². The molecule has 1 saturated heterocycles. The Balaban J connectivity index is 0.00000338. The largest absolute Gasteiger partial charge is 0.377 e. The van der Waals surface area contributed by atoms with Gasteiger partial charge in [0.1, 0.15) is 0 Å². The monoisotopic (exact) mass is 405 g/mol. The average molecular weight is 406 g/mol. The Bertz CT molecular complexity index is 637. The molecule has 1 aliphatic heterocycles. The van der Waals surface area contributed by atoms with Gasteiger partial charge in [-0.15, -0.1) is 12.4 Å². The summed E-state index contributed by atoms with van der Waals surface area (Å²) >= 11 is 0. The minimum Gasteiger partial charge on any atom is -0.377 e. The van der Waals surface area contributed by atoms with Gasteiger partial charge in [0.25, 0.3) is 0 Å². The van der Waals surface area contributed by atoms with Gasteiger partial charge in [-0.05, 0) is 24.8 Å². The topological polar surface area (TPSA) is 111 Å². The summed E-state index contributed by atoms with van der Waals surface area (Å²) in [6, 6.07) is 8.92. The number of carbonyl (C=O) groups excluding carboxylic acids is 1. The number of nitrogens with two attached hydrogens (primary N) is 1. The van der Waals surface area contributed by atoms with Crippen molar-refractivity contribution in [2.24, 2.45) is 5.73 Å². The van der Waals surface area contributed by atoms with E-state index in [0.29, 0.717) is 6.61 Å². The van der Waals surface area contributed by atoms with Crippen LogP contribution in [0, 0.1) is 0 Å². The number of ether oxygens (including phenoxy) is 1. The molecular weight excluding hydrogens is 378 g/mol. The third-order valence-corrected chi connectivity index (χ3v) is 5.48. The van der Waals surface area contributed by atoms with E-state index in [1.165, 1.54) is 0 Å². The quantitative estimate of drug-likeness (QED) is 0.569. The molecule has 148 valence electrons. The molecule has 2 atom stereocenters. The van der Waals surface area contributed by atoms with Crippen molar-refractivity contribution in [3.63, 3.8) is 0 Å². The molecule has 1 amide bonds. The van der Waals surface area contributed by atoms with E-state index in [1.807, 2.05) is 30.3 Å². The highest BCUT2D eigenvalue weighted by Crippen LogP contribution is 2.13. The summed E-state index contributed by atoms with van der Waals surface area (Å²) < 4.78 is 31.9. The molecule has 1 aliphatic rings. The maximum absolute atomic E-state index is 12.0. The van der Waals surface area contributed by atoms with Gasteiger partial charge >= 0.3 is 0 Å². The summed E-state index contributed by atoms with van der Waals surface area (Å²) in [7, 11) is -3.43. The van der Waals surface area contributed by atoms with Gasteiger partial charge in [0.15, 0.2) is 0 Å². The van der Waals surface area contributed by atoms with Gasteiger partial charge in [-0.25, -0.2) is 13.1 Å². The molecule has 1 aromatic rings. The normalized spacial score (nSPS) is 18.6. The van der Waals surface area contributed by atoms with E-state index in [1.54, 1.807) is 0 Å². The molecule has 4 N–H and O–H groups in total. The summed E-state index contributed by atoms with van der Waals surface area (Å²) in [4.78, 5) is 11.9. The van der Waals surface area contributed by atoms with Crippen LogP contribution >= 0.6 is 12.4 Å². The Morgan fingerprint density at radius 2 is 2.00 bits per heavy atom. The van der Waals surface area contributed by atoms with Gasteiger partial charge in [0, 0.05) is 32.2 Å². The fraction of sp³-hybridized carbons (Fsp3) is 0.588. The maximum Gasteiger partial charge on any atom is 0.221 e. The lowest BCUT2D eigenvalue weighted by Gasteiger charge is -2.22. The van der Waals surface area contributed by atoms with Gasteiger partial charge in [-0.2, -0.15) is 0 Å². The molecule has 0 aromatic heterocycles. The number of hydrogen-bond acceptors (Lipinski definition) is 5. The number of benzene rings is 1. The highest BCUT2D eigenvalue weighted by Gasteiger charge is 2.18. The highest BCUT2D eigenvalue weighted by molar-refractivity contribution is 7.89. The van der Waals surface area contributed by atoms with E-state index in [0.717, 1.165) is 24.8 Å². The van der Waals surface area contributed by atoms with Crippen molar-refractivity contribution < 1.29 is 17.9 Å². The van der Waals surface area contributed by atoms with E-state index in [9.17, 15) is 13.2 Å². The van der Waals surface area contributed by atoms with Crippen LogP contribution in [-0.4, -0.2) is 45.9 Å². The number of hydrogen-bond donors (Lipinski definition) is 3. The third kappa shape index (κ3) is 8.46. The van der Waals surface area contributed by atoms with Crippen LogP contribution in [0.25, 0.3) is 0 Å². The molecule has 0 spiro atoms. The minimum absolute atomic E-state index is 0. The van der Waals surface area contributed by atoms with Gasteiger partial charge in [0.05, 0.1) is 11.9 Å². The van der Waals surface area contributed by atoms with E-state index in [-0.39, 0.29) is 49.7 Å². The molecule has 26 heavy (non-hydrogen) atoms. The smallest absolute Gasteiger partial charge is 0.221 e. The molecule has 9 heteroatoms.